The molecular formula is C13H16Br2N2S. The lowest BCUT2D eigenvalue weighted by Crippen LogP contribution is -2.24. The average molecular weight is 392 g/mol. The van der Waals surface area contributed by atoms with Crippen LogP contribution in [0, 0.1) is 0 Å². The Morgan fingerprint density at radius 2 is 2.06 bits per heavy atom. The van der Waals surface area contributed by atoms with Crippen LogP contribution in [0.2, 0.25) is 0 Å². The molecule has 0 radical (unpaired) electrons. The molecule has 18 heavy (non-hydrogen) atoms. The highest BCUT2D eigenvalue weighted by molar-refractivity contribution is 9.11. The van der Waals surface area contributed by atoms with Crippen molar-refractivity contribution in [2.75, 3.05) is 11.1 Å². The van der Waals surface area contributed by atoms with Crippen LogP contribution in [0.15, 0.2) is 32.1 Å². The Labute approximate surface area is 129 Å². The number of rotatable bonds is 3. The van der Waals surface area contributed by atoms with Crippen molar-refractivity contribution in [1.29, 1.82) is 0 Å². The molecular weight excluding hydrogens is 376 g/mol. The predicted molar refractivity (Wildman–Crippen MR) is 88.7 cm³/mol. The molecule has 0 aliphatic carbocycles. The van der Waals surface area contributed by atoms with E-state index in [4.69, 9.17) is 4.99 Å². The molecule has 1 heterocycles. The van der Waals surface area contributed by atoms with Gasteiger partial charge in [0, 0.05) is 14.7 Å². The second kappa shape index (κ2) is 5.97. The van der Waals surface area contributed by atoms with Crippen LogP contribution in [0.3, 0.4) is 0 Å². The first-order valence-corrected chi connectivity index (χ1v) is 8.60. The molecule has 5 heteroatoms. The minimum atomic E-state index is 0.134. The highest BCUT2D eigenvalue weighted by atomic mass is 79.9. The largest absolute Gasteiger partial charge is 0.334 e. The maximum absolute atomic E-state index is 4.85. The fourth-order valence-corrected chi connectivity index (χ4v) is 4.33. The third kappa shape index (κ3) is 3.11. The Morgan fingerprint density at radius 1 is 1.33 bits per heavy atom. The molecule has 0 unspecified atom stereocenters. The molecule has 0 aromatic heterocycles. The molecule has 0 spiro atoms. The smallest absolute Gasteiger partial charge is 0.161 e. The molecule has 2 rings (SSSR count). The zero-order chi connectivity index (χ0) is 13.2. The Morgan fingerprint density at radius 3 is 2.61 bits per heavy atom. The number of aliphatic imine (C=N–C) groups is 1. The van der Waals surface area contributed by atoms with Gasteiger partial charge in [-0.3, -0.25) is 4.99 Å². The van der Waals surface area contributed by atoms with Crippen LogP contribution in [0.5, 0.6) is 0 Å². The Balaban J connectivity index is 2.15. The summed E-state index contributed by atoms with van der Waals surface area (Å²) in [6, 6.07) is 6.12. The number of halogens is 2. The summed E-state index contributed by atoms with van der Waals surface area (Å²) in [6.45, 7) is 4.43. The molecule has 1 aliphatic heterocycles. The molecule has 0 fully saturated rings. The van der Waals surface area contributed by atoms with Gasteiger partial charge >= 0.3 is 0 Å². The van der Waals surface area contributed by atoms with Gasteiger partial charge in [0.15, 0.2) is 5.17 Å². The van der Waals surface area contributed by atoms with Gasteiger partial charge in [-0.05, 0) is 47.0 Å². The van der Waals surface area contributed by atoms with Crippen LogP contribution in [0.4, 0.5) is 5.69 Å². The van der Waals surface area contributed by atoms with Gasteiger partial charge < -0.3 is 5.32 Å². The van der Waals surface area contributed by atoms with Crippen molar-refractivity contribution in [1.82, 2.24) is 0 Å². The number of anilines is 1. The van der Waals surface area contributed by atoms with E-state index in [1.165, 1.54) is 0 Å². The third-order valence-corrected chi connectivity index (χ3v) is 5.60. The second-order valence-corrected chi connectivity index (χ2v) is 7.12. The topological polar surface area (TPSA) is 24.4 Å². The lowest BCUT2D eigenvalue weighted by molar-refractivity contribution is 0.456. The summed E-state index contributed by atoms with van der Waals surface area (Å²) in [7, 11) is 0. The van der Waals surface area contributed by atoms with Gasteiger partial charge in [0.05, 0.1) is 11.2 Å². The molecule has 0 saturated heterocycles. The maximum atomic E-state index is 4.85. The molecule has 1 N–H and O–H groups in total. The van der Waals surface area contributed by atoms with Crippen LogP contribution in [0.25, 0.3) is 0 Å². The number of thioether (sulfide) groups is 1. The number of amidine groups is 1. The second-order valence-electron chi connectivity index (χ2n) is 4.39. The van der Waals surface area contributed by atoms with E-state index in [0.717, 1.165) is 38.4 Å². The molecule has 0 bridgehead atoms. The fourth-order valence-electron chi connectivity index (χ4n) is 1.86. The summed E-state index contributed by atoms with van der Waals surface area (Å²) in [5.74, 6) is 1.08. The summed E-state index contributed by atoms with van der Waals surface area (Å²) in [6.07, 6.45) is 2.20. The monoisotopic (exact) mass is 390 g/mol. The van der Waals surface area contributed by atoms with E-state index in [1.807, 2.05) is 23.9 Å². The first-order chi connectivity index (χ1) is 8.58. The fraction of sp³-hybridized carbons (Fsp3) is 0.462. The zero-order valence-corrected chi connectivity index (χ0v) is 14.5. The van der Waals surface area contributed by atoms with E-state index in [-0.39, 0.29) is 5.54 Å². The number of hydrogen-bond acceptors (Lipinski definition) is 3. The third-order valence-electron chi connectivity index (χ3n) is 3.31. The Hall–Kier alpha value is -0.0000000000000000555. The minimum absolute atomic E-state index is 0.134. The van der Waals surface area contributed by atoms with Crippen molar-refractivity contribution in [2.45, 2.75) is 32.2 Å². The maximum Gasteiger partial charge on any atom is 0.161 e. The van der Waals surface area contributed by atoms with Crippen molar-refractivity contribution in [3.8, 4) is 0 Å². The first kappa shape index (κ1) is 14.4. The van der Waals surface area contributed by atoms with E-state index in [2.05, 4.69) is 57.1 Å². The number of hydrogen-bond donors (Lipinski definition) is 1. The van der Waals surface area contributed by atoms with Crippen LogP contribution in [-0.2, 0) is 0 Å². The predicted octanol–water partition coefficient (Wildman–Crippen LogP) is 5.29. The molecule has 0 atom stereocenters. The lowest BCUT2D eigenvalue weighted by atomic mass is 9.97. The minimum Gasteiger partial charge on any atom is -0.334 e. The normalized spacial score (nSPS) is 17.7. The van der Waals surface area contributed by atoms with Gasteiger partial charge in [0.1, 0.15) is 0 Å². The Bertz CT molecular complexity index is 470. The summed E-state index contributed by atoms with van der Waals surface area (Å²) in [5.41, 5.74) is 1.20. The van der Waals surface area contributed by atoms with Crippen LogP contribution in [0.1, 0.15) is 26.7 Å². The summed E-state index contributed by atoms with van der Waals surface area (Å²) in [4.78, 5) is 4.85. The van der Waals surface area contributed by atoms with Crippen molar-refractivity contribution in [3.63, 3.8) is 0 Å². The molecule has 0 saturated carbocycles. The summed E-state index contributed by atoms with van der Waals surface area (Å²) < 4.78 is 2.11. The number of benzene rings is 1. The van der Waals surface area contributed by atoms with Crippen molar-refractivity contribution >= 4 is 54.5 Å². The van der Waals surface area contributed by atoms with Crippen LogP contribution >= 0.6 is 43.6 Å². The van der Waals surface area contributed by atoms with E-state index >= 15 is 0 Å². The Kier molecular flexibility index (Phi) is 4.78. The quantitative estimate of drug-likeness (QED) is 0.757. The molecule has 0 amide bonds. The molecule has 1 aliphatic rings. The molecule has 1 aromatic carbocycles. The van der Waals surface area contributed by atoms with E-state index in [0.29, 0.717) is 0 Å². The van der Waals surface area contributed by atoms with Gasteiger partial charge in [-0.25, -0.2) is 0 Å². The van der Waals surface area contributed by atoms with E-state index in [9.17, 15) is 0 Å². The van der Waals surface area contributed by atoms with Crippen molar-refractivity contribution in [3.05, 3.63) is 27.1 Å². The summed E-state index contributed by atoms with van der Waals surface area (Å²) >= 11 is 8.83. The van der Waals surface area contributed by atoms with Gasteiger partial charge in [-0.1, -0.05) is 41.5 Å². The average Bonchev–Trinajstić information content (AvgIpc) is 2.77. The van der Waals surface area contributed by atoms with Gasteiger partial charge in [0.2, 0.25) is 0 Å². The zero-order valence-electron chi connectivity index (χ0n) is 10.5. The first-order valence-electron chi connectivity index (χ1n) is 6.03. The van der Waals surface area contributed by atoms with Crippen LogP contribution in [-0.4, -0.2) is 16.5 Å². The number of nitrogens with zero attached hydrogens (tertiary/aromatic N) is 1. The summed E-state index contributed by atoms with van der Waals surface area (Å²) in [5, 5.41) is 4.43. The molecule has 2 nitrogen and oxygen atoms in total. The van der Waals surface area contributed by atoms with Gasteiger partial charge in [0.25, 0.3) is 0 Å². The highest BCUT2D eigenvalue weighted by Gasteiger charge is 2.32. The van der Waals surface area contributed by atoms with Gasteiger partial charge in [-0.15, -0.1) is 0 Å². The van der Waals surface area contributed by atoms with Crippen molar-refractivity contribution in [2.24, 2.45) is 4.99 Å². The highest BCUT2D eigenvalue weighted by Crippen LogP contribution is 2.35. The van der Waals surface area contributed by atoms with E-state index < -0.39 is 0 Å². The number of nitrogens with one attached hydrogen (secondary N) is 1. The van der Waals surface area contributed by atoms with Gasteiger partial charge in [-0.2, -0.15) is 0 Å². The standard InChI is InChI=1S/C13H16Br2N2S/c1-3-13(4-2)8-18-12(17-13)16-11-6-5-9(14)7-10(11)15/h5-7H,3-4,8H2,1-2H3,(H,16,17). The lowest BCUT2D eigenvalue weighted by Gasteiger charge is -2.20. The van der Waals surface area contributed by atoms with Crippen molar-refractivity contribution < 1.29 is 0 Å². The molecule has 1 aromatic rings. The van der Waals surface area contributed by atoms with Crippen LogP contribution < -0.4 is 5.32 Å². The van der Waals surface area contributed by atoms with E-state index in [1.54, 1.807) is 0 Å². The molecule has 98 valence electrons. The SMILES string of the molecule is CCC1(CC)CSC(Nc2ccc(Br)cc2Br)=N1.